The summed E-state index contributed by atoms with van der Waals surface area (Å²) in [4.78, 5) is 36.9. The lowest BCUT2D eigenvalue weighted by molar-refractivity contribution is -0.128. The van der Waals surface area contributed by atoms with Gasteiger partial charge in [0.05, 0.1) is 24.3 Å². The molecule has 2 rings (SSSR count). The van der Waals surface area contributed by atoms with Crippen molar-refractivity contribution in [2.75, 3.05) is 5.32 Å². The highest BCUT2D eigenvalue weighted by Gasteiger charge is 2.26. The zero-order chi connectivity index (χ0) is 19.3. The summed E-state index contributed by atoms with van der Waals surface area (Å²) in [5.41, 5.74) is 0.595. The summed E-state index contributed by atoms with van der Waals surface area (Å²) in [6, 6.07) is -0.630. The second-order valence-corrected chi connectivity index (χ2v) is 7.78. The van der Waals surface area contributed by atoms with E-state index in [1.165, 1.54) is 6.33 Å². The van der Waals surface area contributed by atoms with Crippen LogP contribution in [0.5, 0.6) is 0 Å². The van der Waals surface area contributed by atoms with E-state index in [2.05, 4.69) is 25.6 Å². The van der Waals surface area contributed by atoms with Crippen LogP contribution >= 0.6 is 0 Å². The Morgan fingerprint density at radius 1 is 1.19 bits per heavy atom. The average Bonchev–Trinajstić information content (AvgIpc) is 3.00. The predicted molar refractivity (Wildman–Crippen MR) is 98.6 cm³/mol. The molecule has 8 heteroatoms. The summed E-state index contributed by atoms with van der Waals surface area (Å²) >= 11 is 0. The largest absolute Gasteiger partial charge is 0.344 e. The lowest BCUT2D eigenvalue weighted by Gasteiger charge is -2.24. The van der Waals surface area contributed by atoms with Crippen molar-refractivity contribution in [3.8, 4) is 5.69 Å². The van der Waals surface area contributed by atoms with Gasteiger partial charge in [-0.25, -0.2) is 15.0 Å². The number of amides is 2. The summed E-state index contributed by atoms with van der Waals surface area (Å²) in [6.45, 7) is 9.73. The van der Waals surface area contributed by atoms with Gasteiger partial charge in [0.2, 0.25) is 11.8 Å². The number of nitrogens with zero attached hydrogens (tertiary/aromatic N) is 4. The first-order valence-electron chi connectivity index (χ1n) is 8.55. The van der Waals surface area contributed by atoms with E-state index in [1.807, 2.05) is 34.6 Å². The fraction of sp³-hybridized carbons (Fsp3) is 0.500. The van der Waals surface area contributed by atoms with Crippen LogP contribution in [0.15, 0.2) is 31.2 Å². The van der Waals surface area contributed by atoms with Crippen molar-refractivity contribution < 1.29 is 9.59 Å². The zero-order valence-electron chi connectivity index (χ0n) is 15.9. The molecule has 0 aliphatic rings. The number of hydrogen-bond acceptors (Lipinski definition) is 5. The predicted octanol–water partition coefficient (Wildman–Crippen LogP) is 2.18. The highest BCUT2D eigenvalue weighted by molar-refractivity contribution is 5.96. The fourth-order valence-electron chi connectivity index (χ4n) is 2.40. The summed E-state index contributed by atoms with van der Waals surface area (Å²) in [5, 5.41) is 5.58. The third kappa shape index (κ3) is 5.65. The van der Waals surface area contributed by atoms with E-state index in [4.69, 9.17) is 0 Å². The minimum Gasteiger partial charge on any atom is -0.344 e. The number of imidazole rings is 1. The quantitative estimate of drug-likeness (QED) is 0.824. The molecule has 2 aromatic heterocycles. The van der Waals surface area contributed by atoms with Crippen molar-refractivity contribution in [2.45, 2.75) is 47.1 Å². The first-order valence-corrected chi connectivity index (χ1v) is 8.55. The van der Waals surface area contributed by atoms with Gasteiger partial charge in [-0.3, -0.25) is 9.59 Å². The van der Waals surface area contributed by atoms with Crippen LogP contribution in [0, 0.1) is 11.3 Å². The Bertz CT molecular complexity index is 749. The maximum Gasteiger partial charge on any atom is 0.248 e. The Kier molecular flexibility index (Phi) is 6.07. The van der Waals surface area contributed by atoms with Crippen molar-refractivity contribution in [2.24, 2.45) is 11.3 Å². The van der Waals surface area contributed by atoms with Crippen LogP contribution < -0.4 is 10.6 Å². The maximum absolute atomic E-state index is 12.6. The van der Waals surface area contributed by atoms with Crippen LogP contribution in [0.1, 0.15) is 41.0 Å². The molecule has 0 aliphatic carbocycles. The van der Waals surface area contributed by atoms with Crippen LogP contribution in [0.2, 0.25) is 0 Å². The summed E-state index contributed by atoms with van der Waals surface area (Å²) in [7, 11) is 0. The minimum atomic E-state index is -0.630. The smallest absolute Gasteiger partial charge is 0.248 e. The van der Waals surface area contributed by atoms with Crippen LogP contribution in [-0.4, -0.2) is 37.4 Å². The molecule has 0 saturated heterocycles. The lowest BCUT2D eigenvalue weighted by Crippen LogP contribution is -2.47. The van der Waals surface area contributed by atoms with E-state index in [0.717, 1.165) is 5.69 Å². The number of aromatic nitrogens is 4. The molecule has 26 heavy (non-hydrogen) atoms. The van der Waals surface area contributed by atoms with E-state index in [9.17, 15) is 9.59 Å². The maximum atomic E-state index is 12.6. The van der Waals surface area contributed by atoms with E-state index in [1.54, 1.807) is 29.5 Å². The molecular formula is C18H26N6O2. The number of carbonyl (C=O) groups is 2. The number of carbonyl (C=O) groups excluding carboxylic acids is 2. The Labute approximate surface area is 153 Å². The Hall–Kier alpha value is -2.77. The molecule has 2 heterocycles. The third-order valence-corrected chi connectivity index (χ3v) is 3.64. The average molecular weight is 358 g/mol. The van der Waals surface area contributed by atoms with Crippen molar-refractivity contribution >= 4 is 17.6 Å². The third-order valence-electron chi connectivity index (χ3n) is 3.64. The van der Waals surface area contributed by atoms with Crippen LogP contribution in [-0.2, 0) is 9.59 Å². The first-order chi connectivity index (χ1) is 12.2. The van der Waals surface area contributed by atoms with Gasteiger partial charge < -0.3 is 15.2 Å². The van der Waals surface area contributed by atoms with Crippen molar-refractivity contribution in [3.05, 3.63) is 31.2 Å². The summed E-state index contributed by atoms with van der Waals surface area (Å²) < 4.78 is 1.71. The van der Waals surface area contributed by atoms with Crippen molar-refractivity contribution in [3.63, 3.8) is 0 Å². The number of nitrogens with one attached hydrogen (secondary N) is 2. The fourth-order valence-corrected chi connectivity index (χ4v) is 2.40. The van der Waals surface area contributed by atoms with Gasteiger partial charge in [0.15, 0.2) is 5.82 Å². The van der Waals surface area contributed by atoms with Gasteiger partial charge in [-0.15, -0.1) is 0 Å². The van der Waals surface area contributed by atoms with E-state index in [-0.39, 0.29) is 23.1 Å². The molecule has 8 nitrogen and oxygen atoms in total. The van der Waals surface area contributed by atoms with Crippen LogP contribution in [0.25, 0.3) is 5.69 Å². The van der Waals surface area contributed by atoms with Gasteiger partial charge >= 0.3 is 0 Å². The molecular weight excluding hydrogens is 332 g/mol. The van der Waals surface area contributed by atoms with Gasteiger partial charge in [0.25, 0.3) is 0 Å². The Balaban J connectivity index is 2.04. The standard InChI is InChI=1S/C18H26N6O2/c1-12(2)16(23-15(25)6-18(3,4)5)17(26)22-14-9-24(11-21-14)13-7-19-10-20-8-13/h7-12,16H,6H2,1-5H3,(H,22,26)(H,23,25). The second kappa shape index (κ2) is 8.07. The number of rotatable bonds is 6. The molecule has 0 saturated carbocycles. The van der Waals surface area contributed by atoms with Gasteiger partial charge in [-0.1, -0.05) is 34.6 Å². The van der Waals surface area contributed by atoms with Gasteiger partial charge in [-0.2, -0.15) is 0 Å². The Morgan fingerprint density at radius 3 is 2.42 bits per heavy atom. The highest BCUT2D eigenvalue weighted by atomic mass is 16.2. The van der Waals surface area contributed by atoms with E-state index in [0.29, 0.717) is 12.2 Å². The monoisotopic (exact) mass is 358 g/mol. The lowest BCUT2D eigenvalue weighted by atomic mass is 9.91. The minimum absolute atomic E-state index is 0.0523. The van der Waals surface area contributed by atoms with E-state index >= 15 is 0 Å². The van der Waals surface area contributed by atoms with Gasteiger partial charge in [0, 0.05) is 6.42 Å². The SMILES string of the molecule is CC(C)C(NC(=O)CC(C)(C)C)C(=O)Nc1cn(-c2cncnc2)cn1. The van der Waals surface area contributed by atoms with Gasteiger partial charge in [0.1, 0.15) is 18.7 Å². The molecule has 2 aromatic rings. The number of hydrogen-bond donors (Lipinski definition) is 2. The van der Waals surface area contributed by atoms with Crippen LogP contribution in [0.4, 0.5) is 5.82 Å². The molecule has 1 atom stereocenters. The molecule has 140 valence electrons. The van der Waals surface area contributed by atoms with Gasteiger partial charge in [-0.05, 0) is 11.3 Å². The molecule has 0 spiro atoms. The second-order valence-electron chi connectivity index (χ2n) is 7.78. The van der Waals surface area contributed by atoms with E-state index < -0.39 is 6.04 Å². The molecule has 0 radical (unpaired) electrons. The molecule has 0 bridgehead atoms. The number of anilines is 1. The summed E-state index contributed by atoms with van der Waals surface area (Å²) in [6.07, 6.45) is 8.32. The van der Waals surface area contributed by atoms with Crippen LogP contribution in [0.3, 0.4) is 0 Å². The first kappa shape index (κ1) is 19.6. The molecule has 0 aromatic carbocycles. The molecule has 2 amide bonds. The molecule has 2 N–H and O–H groups in total. The van der Waals surface area contributed by atoms with Crippen molar-refractivity contribution in [1.29, 1.82) is 0 Å². The summed E-state index contributed by atoms with van der Waals surface area (Å²) in [5.74, 6) is -0.0896. The highest BCUT2D eigenvalue weighted by Crippen LogP contribution is 2.18. The topological polar surface area (TPSA) is 102 Å². The Morgan fingerprint density at radius 2 is 1.85 bits per heavy atom. The zero-order valence-corrected chi connectivity index (χ0v) is 15.9. The molecule has 0 fully saturated rings. The molecule has 0 aliphatic heterocycles. The molecule has 1 unspecified atom stereocenters. The van der Waals surface area contributed by atoms with Crippen molar-refractivity contribution in [1.82, 2.24) is 24.8 Å². The normalized spacial score (nSPS) is 12.7.